The van der Waals surface area contributed by atoms with Crippen molar-refractivity contribution in [3.8, 4) is 22.8 Å². The number of hydrogen-bond acceptors (Lipinski definition) is 7. The highest BCUT2D eigenvalue weighted by molar-refractivity contribution is 6.30. The lowest BCUT2D eigenvalue weighted by atomic mass is 10.0. The molecule has 0 spiro atoms. The molecule has 1 unspecified atom stereocenters. The van der Waals surface area contributed by atoms with Crippen molar-refractivity contribution in [1.29, 1.82) is 0 Å². The van der Waals surface area contributed by atoms with Gasteiger partial charge in [-0.25, -0.2) is 14.1 Å². The molecule has 4 aromatic rings. The van der Waals surface area contributed by atoms with E-state index in [2.05, 4.69) is 15.1 Å². The van der Waals surface area contributed by atoms with Crippen molar-refractivity contribution in [3.63, 3.8) is 0 Å². The van der Waals surface area contributed by atoms with E-state index in [1.54, 1.807) is 59.4 Å². The molecule has 2 aromatic heterocycles. The molecule has 2 heterocycles. The summed E-state index contributed by atoms with van der Waals surface area (Å²) in [5.41, 5.74) is 15.3. The van der Waals surface area contributed by atoms with E-state index in [0.29, 0.717) is 27.5 Å². The Bertz CT molecular complexity index is 1380. The number of anilines is 1. The van der Waals surface area contributed by atoms with Crippen LogP contribution >= 0.6 is 11.6 Å². The normalized spacial score (nSPS) is 12.8. The fraction of sp³-hybridized carbons (Fsp3) is 0.200. The number of benzene rings is 2. The number of alkyl halides is 1. The summed E-state index contributed by atoms with van der Waals surface area (Å²) in [5.74, 6) is -1.02. The highest BCUT2D eigenvalue weighted by Crippen LogP contribution is 2.31. The molecule has 0 saturated heterocycles. The van der Waals surface area contributed by atoms with Gasteiger partial charge in [0.25, 0.3) is 0 Å². The average molecular weight is 511 g/mol. The maximum atomic E-state index is 14.2. The zero-order chi connectivity index (χ0) is 25.8. The van der Waals surface area contributed by atoms with E-state index in [4.69, 9.17) is 32.9 Å². The Hall–Kier alpha value is -4.02. The summed E-state index contributed by atoms with van der Waals surface area (Å²) in [5, 5.41) is 13.9. The summed E-state index contributed by atoms with van der Waals surface area (Å²) >= 11 is 6.20. The van der Waals surface area contributed by atoms with Crippen molar-refractivity contribution in [1.82, 2.24) is 19.7 Å². The van der Waals surface area contributed by atoms with Gasteiger partial charge in [-0.3, -0.25) is 4.79 Å². The zero-order valence-corrected chi connectivity index (χ0v) is 20.1. The number of halogens is 2. The molecule has 0 aliphatic carbocycles. The lowest BCUT2D eigenvalue weighted by molar-refractivity contribution is -0.138. The number of carboxylic acid groups (broad SMARTS) is 1. The van der Waals surface area contributed by atoms with Gasteiger partial charge in [-0.15, -0.1) is 0 Å². The van der Waals surface area contributed by atoms with E-state index in [1.165, 1.54) is 0 Å². The second-order valence-electron chi connectivity index (χ2n) is 8.16. The van der Waals surface area contributed by atoms with Crippen molar-refractivity contribution in [2.45, 2.75) is 25.5 Å². The van der Waals surface area contributed by atoms with Crippen molar-refractivity contribution in [2.24, 2.45) is 5.73 Å². The molecule has 186 valence electrons. The van der Waals surface area contributed by atoms with Gasteiger partial charge in [0.1, 0.15) is 12.7 Å². The number of aryl methyl sites for hydroxylation is 1. The molecule has 0 aliphatic heterocycles. The van der Waals surface area contributed by atoms with Crippen LogP contribution in [0.4, 0.5) is 10.3 Å². The molecular weight excluding hydrogens is 487 g/mol. The number of aliphatic carboxylic acids is 1. The van der Waals surface area contributed by atoms with Crippen molar-refractivity contribution < 1.29 is 19.0 Å². The molecule has 0 bridgehead atoms. The molecule has 4 rings (SSSR count). The molecule has 9 nitrogen and oxygen atoms in total. The molecule has 0 radical (unpaired) electrons. The fourth-order valence-electron chi connectivity index (χ4n) is 3.66. The van der Waals surface area contributed by atoms with Crippen LogP contribution in [0.5, 0.6) is 5.88 Å². The zero-order valence-electron chi connectivity index (χ0n) is 19.3. The number of carboxylic acids is 1. The Kier molecular flexibility index (Phi) is 7.47. The fourth-order valence-corrected chi connectivity index (χ4v) is 3.83. The highest BCUT2D eigenvalue weighted by Gasteiger charge is 2.21. The van der Waals surface area contributed by atoms with Crippen LogP contribution in [0.25, 0.3) is 16.9 Å². The highest BCUT2D eigenvalue weighted by atomic mass is 35.5. The van der Waals surface area contributed by atoms with Gasteiger partial charge in [-0.05, 0) is 37.1 Å². The maximum absolute atomic E-state index is 14.2. The van der Waals surface area contributed by atoms with Crippen LogP contribution in [0.1, 0.15) is 22.9 Å². The number of ether oxygens (including phenoxy) is 1. The first kappa shape index (κ1) is 25.1. The van der Waals surface area contributed by atoms with E-state index < -0.39 is 24.8 Å². The molecule has 0 fully saturated rings. The van der Waals surface area contributed by atoms with Crippen molar-refractivity contribution in [2.75, 3.05) is 12.4 Å². The van der Waals surface area contributed by atoms with Gasteiger partial charge in [-0.1, -0.05) is 41.9 Å². The number of nitrogen functional groups attached to an aromatic ring is 1. The monoisotopic (exact) mass is 510 g/mol. The minimum atomic E-state index is -1.07. The molecule has 2 atom stereocenters. The van der Waals surface area contributed by atoms with Gasteiger partial charge < -0.3 is 21.3 Å². The summed E-state index contributed by atoms with van der Waals surface area (Å²) in [6, 6.07) is 14.5. The molecule has 2 aromatic carbocycles. The van der Waals surface area contributed by atoms with Crippen LogP contribution in [0.2, 0.25) is 5.02 Å². The first-order valence-corrected chi connectivity index (χ1v) is 11.4. The van der Waals surface area contributed by atoms with E-state index in [-0.39, 0.29) is 18.2 Å². The Morgan fingerprint density at radius 3 is 2.56 bits per heavy atom. The van der Waals surface area contributed by atoms with Gasteiger partial charge >= 0.3 is 5.97 Å². The summed E-state index contributed by atoms with van der Waals surface area (Å²) in [7, 11) is 0. The SMILES string of the molecule is Cc1ccn(-c2cc(Cl)ccc2C(CF)Oc2cc(-c3ccc(C[C@H](N)C(=O)O)cc3)nc(N)n2)n1. The third-order valence-corrected chi connectivity index (χ3v) is 5.69. The summed E-state index contributed by atoms with van der Waals surface area (Å²) in [6.45, 7) is 1.01. The van der Waals surface area contributed by atoms with Crippen molar-refractivity contribution >= 4 is 23.5 Å². The van der Waals surface area contributed by atoms with E-state index in [1.807, 2.05) is 13.0 Å². The molecule has 0 saturated carbocycles. The first-order valence-electron chi connectivity index (χ1n) is 11.0. The van der Waals surface area contributed by atoms with Gasteiger partial charge in [0.15, 0.2) is 6.10 Å². The topological polar surface area (TPSA) is 142 Å². The lowest BCUT2D eigenvalue weighted by Gasteiger charge is -2.20. The predicted octanol–water partition coefficient (Wildman–Crippen LogP) is 3.92. The van der Waals surface area contributed by atoms with E-state index in [9.17, 15) is 9.18 Å². The van der Waals surface area contributed by atoms with Gasteiger partial charge in [-0.2, -0.15) is 10.1 Å². The van der Waals surface area contributed by atoms with Crippen LogP contribution in [0, 0.1) is 6.92 Å². The number of nitrogens with zero attached hydrogens (tertiary/aromatic N) is 4. The first-order chi connectivity index (χ1) is 17.2. The largest absolute Gasteiger partial charge is 0.480 e. The number of hydrogen-bond donors (Lipinski definition) is 3. The van der Waals surface area contributed by atoms with Gasteiger partial charge in [0.2, 0.25) is 11.8 Å². The van der Waals surface area contributed by atoms with E-state index in [0.717, 1.165) is 11.3 Å². The smallest absolute Gasteiger partial charge is 0.320 e. The Balaban J connectivity index is 1.61. The third kappa shape index (κ3) is 5.78. The number of nitrogens with two attached hydrogens (primary N) is 2. The Morgan fingerprint density at radius 1 is 1.17 bits per heavy atom. The molecular formula is C25H24ClFN6O3. The molecule has 11 heteroatoms. The van der Waals surface area contributed by atoms with Crippen LogP contribution in [-0.2, 0) is 11.2 Å². The second kappa shape index (κ2) is 10.7. The predicted molar refractivity (Wildman–Crippen MR) is 134 cm³/mol. The minimum absolute atomic E-state index is 0.0453. The number of rotatable bonds is 9. The summed E-state index contributed by atoms with van der Waals surface area (Å²) in [6.07, 6.45) is 0.935. The number of aromatic nitrogens is 4. The lowest BCUT2D eigenvalue weighted by Crippen LogP contribution is -2.32. The second-order valence-corrected chi connectivity index (χ2v) is 8.60. The van der Waals surface area contributed by atoms with Gasteiger partial charge in [0, 0.05) is 28.4 Å². The number of carbonyl (C=O) groups is 1. The van der Waals surface area contributed by atoms with Crippen LogP contribution in [0.3, 0.4) is 0 Å². The average Bonchev–Trinajstić information content (AvgIpc) is 3.29. The van der Waals surface area contributed by atoms with Crippen LogP contribution in [-0.4, -0.2) is 43.5 Å². The molecule has 0 aliphatic rings. The third-order valence-electron chi connectivity index (χ3n) is 5.45. The van der Waals surface area contributed by atoms with Crippen LogP contribution in [0.15, 0.2) is 60.8 Å². The quantitative estimate of drug-likeness (QED) is 0.307. The molecule has 5 N–H and O–H groups in total. The van der Waals surface area contributed by atoms with Crippen molar-refractivity contribution in [3.05, 3.63) is 82.6 Å². The minimum Gasteiger partial charge on any atom is -0.480 e. The molecule has 0 amide bonds. The summed E-state index contributed by atoms with van der Waals surface area (Å²) in [4.78, 5) is 19.4. The Morgan fingerprint density at radius 2 is 1.92 bits per heavy atom. The molecule has 36 heavy (non-hydrogen) atoms. The van der Waals surface area contributed by atoms with Gasteiger partial charge in [0.05, 0.1) is 17.1 Å². The standard InChI is InChI=1S/C25H24ClFN6O3/c1-14-8-9-33(32-14)21-11-17(26)6-7-18(21)22(13-27)36-23-12-20(30-25(29)31-23)16-4-2-15(3-5-16)10-19(28)24(34)35/h2-9,11-12,19,22H,10,13,28H2,1H3,(H,34,35)(H2,29,30,31)/t19-,22?/m0/s1. The summed E-state index contributed by atoms with van der Waals surface area (Å²) < 4.78 is 21.8. The van der Waals surface area contributed by atoms with E-state index >= 15 is 0 Å². The maximum Gasteiger partial charge on any atom is 0.320 e. The Labute approximate surface area is 211 Å². The van der Waals surface area contributed by atoms with Crippen LogP contribution < -0.4 is 16.2 Å².